The van der Waals surface area contributed by atoms with E-state index in [4.69, 9.17) is 28.1 Å². The number of rotatable bonds is 26. The molecule has 0 spiro atoms. The van der Waals surface area contributed by atoms with Gasteiger partial charge in [0.2, 0.25) is 5.91 Å². The molecule has 11 atom stereocenters. The molecular formula is C66H92F3N4O8P. The van der Waals surface area contributed by atoms with Gasteiger partial charge in [-0.15, -0.1) is 0 Å². The number of halogens is 3. The number of likely N-dealkylation sites (tertiary alicyclic amines) is 1. The Hall–Kier alpha value is -4.55. The fraction of sp³-hybridized carbons (Fsp3) is 0.652. The maximum absolute atomic E-state index is 14.9. The Balaban J connectivity index is 1.03. The van der Waals surface area contributed by atoms with Crippen LogP contribution in [0.3, 0.4) is 0 Å². The zero-order valence-electron chi connectivity index (χ0n) is 50.4. The third-order valence-electron chi connectivity index (χ3n) is 19.2. The predicted octanol–water partition coefficient (Wildman–Crippen LogP) is 15.0. The number of nitrogens with zero attached hydrogens (tertiary/aromatic N) is 4. The van der Waals surface area contributed by atoms with Crippen molar-refractivity contribution in [2.75, 3.05) is 40.6 Å². The topological polar surface area (TPSA) is 123 Å². The molecule has 1 aliphatic heterocycles. The van der Waals surface area contributed by atoms with Crippen molar-refractivity contribution in [1.29, 1.82) is 5.26 Å². The van der Waals surface area contributed by atoms with Gasteiger partial charge >= 0.3 is 12.1 Å². The number of allylic oxidation sites excluding steroid dienone is 1. The van der Waals surface area contributed by atoms with Gasteiger partial charge in [-0.2, -0.15) is 18.4 Å². The highest BCUT2D eigenvalue weighted by molar-refractivity contribution is 7.44. The van der Waals surface area contributed by atoms with Crippen LogP contribution in [0.1, 0.15) is 162 Å². The lowest BCUT2D eigenvalue weighted by Gasteiger charge is -2.56. The van der Waals surface area contributed by atoms with Gasteiger partial charge in [0.05, 0.1) is 71.1 Å². The lowest BCUT2D eigenvalue weighted by molar-refractivity contribution is -0.243. The SMILES string of the molecule is COc1ccc(C(OC[C@@H]2C[C@@H](OP(OCCC#N)N(C(C)C)C(C)C)CN2C(=O)CCON(C(=O)C(F)(F)F)C2CC[C@@]3(C)C(=CCC4C5CC[C@H]([C@H](C)CCCC(C)C)C5CCC43)C2)(c2ccccc2)c2ccc(OC)cc2)cc1. The lowest BCUT2D eigenvalue weighted by atomic mass is 9.50. The highest BCUT2D eigenvalue weighted by Gasteiger charge is 2.56. The third-order valence-corrected chi connectivity index (χ3v) is 21.4. The van der Waals surface area contributed by atoms with E-state index in [-0.39, 0.29) is 56.0 Å². The molecule has 4 fully saturated rings. The van der Waals surface area contributed by atoms with Crippen LogP contribution < -0.4 is 9.47 Å². The van der Waals surface area contributed by atoms with E-state index in [1.54, 1.807) is 19.1 Å². The van der Waals surface area contributed by atoms with Crippen molar-refractivity contribution in [3.8, 4) is 17.6 Å². The normalized spacial score (nSPS) is 26.2. The number of methoxy groups -OCH3 is 2. The number of hydrogen-bond acceptors (Lipinski definition) is 10. The van der Waals surface area contributed by atoms with Crippen LogP contribution in [0.2, 0.25) is 0 Å². The largest absolute Gasteiger partial charge is 0.497 e. The van der Waals surface area contributed by atoms with Gasteiger partial charge in [0.25, 0.3) is 8.53 Å². The average Bonchev–Trinajstić information content (AvgIpc) is 2.08. The second kappa shape index (κ2) is 28.1. The maximum atomic E-state index is 14.9. The summed E-state index contributed by atoms with van der Waals surface area (Å²) in [6, 6.07) is 26.0. The molecule has 6 unspecified atom stereocenters. The molecule has 8 rings (SSSR count). The standard InChI is InChI=1S/C66H92F3N4O8P/c1-44(2)16-14-17-47(7)57-30-31-59-58(57)32-33-61-60(59)29-24-51-40-52(34-36-64(51,61)8)72(63(75)66(67,68)69)79-39-35-62(74)71-42-56(81-82(80-38-15-37-70)73(45(3)4)46(5)6)41-53(71)43-78-65(48-18-12-11-13-19-48,49-20-25-54(76-9)26-21-49)50-22-27-55(77-10)28-23-50/h11-13,18-28,44-47,52-53,56-61H,14-17,29-36,38-43H2,1-10H3/t47-,52?,53+,56-,57-,58?,59?,60?,61?,64+,82?/m1/s1. The van der Waals surface area contributed by atoms with E-state index in [0.29, 0.717) is 60.0 Å². The van der Waals surface area contributed by atoms with Crippen molar-refractivity contribution in [2.24, 2.45) is 46.8 Å². The molecule has 0 bridgehead atoms. The number of carbonyl (C=O) groups is 2. The fourth-order valence-electron chi connectivity index (χ4n) is 15.3. The Kier molecular flexibility index (Phi) is 21.8. The Morgan fingerprint density at radius 3 is 2.04 bits per heavy atom. The molecule has 5 aliphatic rings. The van der Waals surface area contributed by atoms with E-state index in [1.807, 2.05) is 78.9 Å². The van der Waals surface area contributed by atoms with Gasteiger partial charge in [-0.25, -0.2) is 9.73 Å². The van der Waals surface area contributed by atoms with E-state index in [1.165, 1.54) is 38.5 Å². The number of hydroxylamine groups is 2. The predicted molar refractivity (Wildman–Crippen MR) is 314 cm³/mol. The number of hydrogen-bond donors (Lipinski definition) is 0. The first-order chi connectivity index (χ1) is 39.2. The Morgan fingerprint density at radius 1 is 0.805 bits per heavy atom. The number of carbonyl (C=O) groups excluding carboxylic acids is 2. The van der Waals surface area contributed by atoms with Crippen LogP contribution in [0.15, 0.2) is 90.5 Å². The first-order valence-electron chi connectivity index (χ1n) is 30.5. The monoisotopic (exact) mass is 1160 g/mol. The molecule has 2 amide bonds. The molecule has 82 heavy (non-hydrogen) atoms. The van der Waals surface area contributed by atoms with Gasteiger partial charge in [-0.1, -0.05) is 113 Å². The van der Waals surface area contributed by atoms with Crippen LogP contribution in [0.4, 0.5) is 13.2 Å². The zero-order chi connectivity index (χ0) is 58.9. The second-order valence-corrected chi connectivity index (χ2v) is 26.6. The van der Waals surface area contributed by atoms with Gasteiger partial charge in [0, 0.05) is 18.6 Å². The fourth-order valence-corrected chi connectivity index (χ4v) is 17.0. The molecule has 450 valence electrons. The number of benzene rings is 3. The second-order valence-electron chi connectivity index (χ2n) is 25.2. The Morgan fingerprint density at radius 2 is 1.44 bits per heavy atom. The van der Waals surface area contributed by atoms with Crippen molar-refractivity contribution in [2.45, 2.75) is 187 Å². The molecule has 1 heterocycles. The van der Waals surface area contributed by atoms with Crippen molar-refractivity contribution in [3.63, 3.8) is 0 Å². The van der Waals surface area contributed by atoms with Crippen LogP contribution in [0.25, 0.3) is 0 Å². The molecule has 1 saturated heterocycles. The summed E-state index contributed by atoms with van der Waals surface area (Å²) in [5.74, 6) is 3.57. The number of nitriles is 1. The highest BCUT2D eigenvalue weighted by Crippen LogP contribution is 2.63. The minimum Gasteiger partial charge on any atom is -0.497 e. The zero-order valence-corrected chi connectivity index (χ0v) is 51.3. The van der Waals surface area contributed by atoms with E-state index in [0.717, 1.165) is 58.8 Å². The van der Waals surface area contributed by atoms with E-state index < -0.39 is 51.0 Å². The van der Waals surface area contributed by atoms with Crippen molar-refractivity contribution < 1.29 is 50.9 Å². The van der Waals surface area contributed by atoms with Gasteiger partial charge in [-0.05, 0) is 173 Å². The minimum atomic E-state index is -5.19. The van der Waals surface area contributed by atoms with Gasteiger partial charge in [0.15, 0.2) is 0 Å². The molecule has 0 radical (unpaired) electrons. The van der Waals surface area contributed by atoms with Crippen molar-refractivity contribution in [1.82, 2.24) is 14.6 Å². The van der Waals surface area contributed by atoms with Crippen molar-refractivity contribution in [3.05, 3.63) is 107 Å². The number of amides is 2. The first kappa shape index (κ1) is 63.5. The molecule has 3 saturated carbocycles. The van der Waals surface area contributed by atoms with Crippen LogP contribution in [-0.4, -0.2) is 103 Å². The molecule has 3 aromatic rings. The summed E-state index contributed by atoms with van der Waals surface area (Å²) in [6.45, 7) is 17.5. The third kappa shape index (κ3) is 14.2. The Labute approximate surface area is 488 Å². The van der Waals surface area contributed by atoms with Crippen LogP contribution in [0, 0.1) is 58.2 Å². The molecule has 0 aromatic heterocycles. The molecule has 16 heteroatoms. The van der Waals surface area contributed by atoms with Gasteiger partial charge in [-0.3, -0.25) is 14.4 Å². The summed E-state index contributed by atoms with van der Waals surface area (Å²) < 4.78 is 77.9. The van der Waals surface area contributed by atoms with Crippen LogP contribution in [0.5, 0.6) is 11.5 Å². The van der Waals surface area contributed by atoms with E-state index in [2.05, 4.69) is 72.2 Å². The number of fused-ring (bicyclic) bond motifs is 5. The van der Waals surface area contributed by atoms with E-state index >= 15 is 0 Å². The summed E-state index contributed by atoms with van der Waals surface area (Å²) >= 11 is 0. The summed E-state index contributed by atoms with van der Waals surface area (Å²) in [6.07, 6.45) is 7.84. The Bertz CT molecular complexity index is 2560. The minimum absolute atomic E-state index is 0.0146. The van der Waals surface area contributed by atoms with E-state index in [9.17, 15) is 28.0 Å². The number of alkyl halides is 3. The summed E-state index contributed by atoms with van der Waals surface area (Å²) in [4.78, 5) is 36.1. The molecular weight excluding hydrogens is 1060 g/mol. The van der Waals surface area contributed by atoms with Gasteiger partial charge < -0.3 is 28.2 Å². The first-order valence-corrected chi connectivity index (χ1v) is 31.6. The molecule has 4 aliphatic carbocycles. The molecule has 12 nitrogen and oxygen atoms in total. The van der Waals surface area contributed by atoms with Gasteiger partial charge in [0.1, 0.15) is 17.1 Å². The average molecular weight is 1160 g/mol. The quantitative estimate of drug-likeness (QED) is 0.0252. The molecule has 3 aromatic carbocycles. The summed E-state index contributed by atoms with van der Waals surface area (Å²) in [5, 5.41) is 10.0. The lowest BCUT2D eigenvalue weighted by Crippen LogP contribution is -2.53. The van der Waals surface area contributed by atoms with Crippen LogP contribution in [-0.2, 0) is 33.8 Å². The smallest absolute Gasteiger partial charge is 0.473 e. The van der Waals surface area contributed by atoms with Crippen molar-refractivity contribution >= 4 is 20.3 Å². The number of ether oxygens (including phenoxy) is 3. The molecule has 0 N–H and O–H groups in total. The highest BCUT2D eigenvalue weighted by atomic mass is 31.2. The summed E-state index contributed by atoms with van der Waals surface area (Å²) in [7, 11) is 1.52. The maximum Gasteiger partial charge on any atom is 0.473 e. The van der Waals surface area contributed by atoms with Crippen LogP contribution >= 0.6 is 8.53 Å². The summed E-state index contributed by atoms with van der Waals surface area (Å²) in [5.41, 5.74) is 2.20.